The summed E-state index contributed by atoms with van der Waals surface area (Å²) in [6.07, 6.45) is 0. The van der Waals surface area contributed by atoms with Gasteiger partial charge in [-0.25, -0.2) is 0 Å². The summed E-state index contributed by atoms with van der Waals surface area (Å²) >= 11 is 0. The molecule has 0 radical (unpaired) electrons. The molecule has 2 aromatic rings. The number of hydrogen-bond acceptors (Lipinski definition) is 1. The van der Waals surface area contributed by atoms with Gasteiger partial charge in [-0.2, -0.15) is 0 Å². The number of benzene rings is 1. The van der Waals surface area contributed by atoms with E-state index in [1.807, 2.05) is 37.1 Å². The van der Waals surface area contributed by atoms with Crippen molar-refractivity contribution in [2.45, 2.75) is 0 Å². The summed E-state index contributed by atoms with van der Waals surface area (Å²) in [4.78, 5) is 0. The molecule has 0 saturated carbocycles. The standard InChI is InChI=1S/C9H7BO/c11-9-5-1-4-8-7(9)3-2-6-10-8/h1-6,11H. The first-order valence-corrected chi connectivity index (χ1v) is 3.54. The Hall–Kier alpha value is -1.31. The van der Waals surface area contributed by atoms with Crippen molar-refractivity contribution in [2.75, 3.05) is 0 Å². The Bertz CT molecular complexity index is 379. The minimum absolute atomic E-state index is 0.350. The second-order valence-corrected chi connectivity index (χ2v) is 2.50. The Labute approximate surface area is 65.5 Å². The van der Waals surface area contributed by atoms with Crippen LogP contribution in [0.2, 0.25) is 0 Å². The third kappa shape index (κ3) is 1.00. The molecule has 0 amide bonds. The molecule has 2 rings (SSSR count). The molecule has 0 atom stereocenters. The number of rotatable bonds is 0. The molecule has 1 aromatic heterocycles. The van der Waals surface area contributed by atoms with Crippen LogP contribution in [0.25, 0.3) is 10.7 Å². The molecule has 2 heteroatoms. The molecule has 0 bridgehead atoms. The van der Waals surface area contributed by atoms with E-state index in [0.717, 1.165) is 10.7 Å². The minimum atomic E-state index is 0.350. The summed E-state index contributed by atoms with van der Waals surface area (Å²) in [6, 6.07) is 9.35. The Balaban J connectivity index is 2.91. The molecule has 0 aliphatic carbocycles. The van der Waals surface area contributed by atoms with Crippen molar-refractivity contribution in [3.63, 3.8) is 0 Å². The van der Waals surface area contributed by atoms with Crippen molar-refractivity contribution in [3.05, 3.63) is 36.3 Å². The summed E-state index contributed by atoms with van der Waals surface area (Å²) in [5.41, 5.74) is 0. The van der Waals surface area contributed by atoms with Gasteiger partial charge >= 0.3 is 64.7 Å². The van der Waals surface area contributed by atoms with E-state index in [4.69, 9.17) is 0 Å². The first-order valence-electron chi connectivity index (χ1n) is 3.54. The summed E-state index contributed by atoms with van der Waals surface area (Å²) in [7, 11) is 0. The predicted octanol–water partition coefficient (Wildman–Crippen LogP) is 1.88. The molecule has 1 nitrogen and oxygen atoms in total. The number of aromatic hydroxyl groups is 1. The zero-order valence-corrected chi connectivity index (χ0v) is 5.99. The third-order valence-corrected chi connectivity index (χ3v) is 1.77. The Morgan fingerprint density at radius 2 is 2.00 bits per heavy atom. The van der Waals surface area contributed by atoms with Gasteiger partial charge in [0.2, 0.25) is 0 Å². The van der Waals surface area contributed by atoms with Crippen LogP contribution in [-0.4, -0.2) is 12.0 Å². The predicted molar refractivity (Wildman–Crippen MR) is 47.0 cm³/mol. The van der Waals surface area contributed by atoms with Crippen molar-refractivity contribution >= 4 is 17.6 Å². The fourth-order valence-corrected chi connectivity index (χ4v) is 1.21. The van der Waals surface area contributed by atoms with Crippen LogP contribution in [0.3, 0.4) is 0 Å². The van der Waals surface area contributed by atoms with Crippen LogP contribution >= 0.6 is 0 Å². The number of hydrogen-bond donors (Lipinski definition) is 1. The number of fused-ring (bicyclic) bond motifs is 1. The molecule has 0 unspecified atom stereocenters. The Morgan fingerprint density at radius 3 is 2.82 bits per heavy atom. The van der Waals surface area contributed by atoms with Crippen molar-refractivity contribution in [3.8, 4) is 5.75 Å². The summed E-state index contributed by atoms with van der Waals surface area (Å²) in [5, 5.41) is 11.4. The Morgan fingerprint density at radius 1 is 1.09 bits per heavy atom. The maximum atomic E-state index is 9.37. The van der Waals surface area contributed by atoms with Gasteiger partial charge in [-0.3, -0.25) is 0 Å². The first kappa shape index (κ1) is 6.41. The van der Waals surface area contributed by atoms with Crippen LogP contribution in [0.15, 0.2) is 36.3 Å². The van der Waals surface area contributed by atoms with Crippen LogP contribution in [0.1, 0.15) is 0 Å². The molecule has 11 heavy (non-hydrogen) atoms. The van der Waals surface area contributed by atoms with Gasteiger partial charge < -0.3 is 0 Å². The van der Waals surface area contributed by atoms with E-state index in [1.165, 1.54) is 0 Å². The topological polar surface area (TPSA) is 20.2 Å². The molecule has 0 aliphatic rings. The van der Waals surface area contributed by atoms with Crippen molar-refractivity contribution in [2.24, 2.45) is 0 Å². The van der Waals surface area contributed by atoms with Crippen molar-refractivity contribution < 1.29 is 5.11 Å². The Kier molecular flexibility index (Phi) is 1.39. The van der Waals surface area contributed by atoms with E-state index in [0.29, 0.717) is 5.75 Å². The summed E-state index contributed by atoms with van der Waals surface area (Å²) in [5.74, 6) is 2.31. The third-order valence-electron chi connectivity index (χ3n) is 1.77. The van der Waals surface area contributed by atoms with Gasteiger partial charge in [0.1, 0.15) is 0 Å². The van der Waals surface area contributed by atoms with E-state index >= 15 is 0 Å². The van der Waals surface area contributed by atoms with Crippen molar-refractivity contribution in [1.29, 1.82) is 0 Å². The van der Waals surface area contributed by atoms with Gasteiger partial charge in [0.05, 0.1) is 0 Å². The van der Waals surface area contributed by atoms with E-state index in [9.17, 15) is 5.11 Å². The summed E-state index contributed by atoms with van der Waals surface area (Å²) < 4.78 is 0. The van der Waals surface area contributed by atoms with Gasteiger partial charge in [0.25, 0.3) is 0 Å². The zero-order chi connectivity index (χ0) is 7.68. The van der Waals surface area contributed by atoms with Crippen LogP contribution in [0.4, 0.5) is 0 Å². The number of phenols is 1. The molecular formula is C9H7BO. The second-order valence-electron chi connectivity index (χ2n) is 2.50. The van der Waals surface area contributed by atoms with Crippen LogP contribution < -0.4 is 0 Å². The van der Waals surface area contributed by atoms with Crippen LogP contribution in [-0.2, 0) is 0 Å². The first-order chi connectivity index (χ1) is 5.38. The monoisotopic (exact) mass is 142 g/mol. The maximum absolute atomic E-state index is 9.37. The molecule has 1 heterocycles. The molecule has 1 aromatic carbocycles. The molecule has 1 N–H and O–H groups in total. The second kappa shape index (κ2) is 2.38. The van der Waals surface area contributed by atoms with E-state index in [1.54, 1.807) is 6.07 Å². The molecular weight excluding hydrogens is 135 g/mol. The van der Waals surface area contributed by atoms with Crippen LogP contribution in [0, 0.1) is 0 Å². The molecule has 0 fully saturated rings. The summed E-state index contributed by atoms with van der Waals surface area (Å²) in [6.45, 7) is 1.98. The SMILES string of the molecule is Oc1cccc2bcccc12. The van der Waals surface area contributed by atoms with Gasteiger partial charge in [0.15, 0.2) is 0 Å². The van der Waals surface area contributed by atoms with Gasteiger partial charge in [-0.1, -0.05) is 0 Å². The van der Waals surface area contributed by atoms with E-state index in [2.05, 4.69) is 0 Å². The average molecular weight is 142 g/mol. The average Bonchev–Trinajstić information content (AvgIpc) is 2.06. The molecule has 0 spiro atoms. The normalized spacial score (nSPS) is 9.82. The van der Waals surface area contributed by atoms with E-state index in [-0.39, 0.29) is 0 Å². The van der Waals surface area contributed by atoms with Crippen LogP contribution in [0.5, 0.6) is 5.75 Å². The van der Waals surface area contributed by atoms with Gasteiger partial charge in [-0.05, 0) is 0 Å². The molecule has 52 valence electrons. The molecule has 0 aliphatic heterocycles. The zero-order valence-electron chi connectivity index (χ0n) is 5.99. The van der Waals surface area contributed by atoms with Gasteiger partial charge in [0, 0.05) is 0 Å². The van der Waals surface area contributed by atoms with Gasteiger partial charge in [-0.15, -0.1) is 0 Å². The molecule has 0 saturated heterocycles. The fourth-order valence-electron chi connectivity index (χ4n) is 1.21. The van der Waals surface area contributed by atoms with Crippen molar-refractivity contribution in [1.82, 2.24) is 0 Å². The fraction of sp³-hybridized carbons (Fsp3) is 0. The van der Waals surface area contributed by atoms with E-state index < -0.39 is 0 Å². The quantitative estimate of drug-likeness (QED) is 0.595. The number of phenolic OH excluding ortho intramolecular Hbond substituents is 1.